The van der Waals surface area contributed by atoms with Gasteiger partial charge in [0.25, 0.3) is 5.56 Å². The molecular formula is C15H13N3O4. The molecule has 0 aliphatic rings. The molecular weight excluding hydrogens is 286 g/mol. The van der Waals surface area contributed by atoms with Crippen LogP contribution in [0.4, 0.5) is 0 Å². The molecule has 0 aliphatic heterocycles. The smallest absolute Gasteiger partial charge is 0.341 e. The van der Waals surface area contributed by atoms with Crippen molar-refractivity contribution in [2.45, 2.75) is 13.3 Å². The standard InChI is InChI=1S/C15H13N3O4/c1-8-11(15(21)22)12-16-13(19)10(14(20)18(12)17-8)7-9-5-3-2-4-6-9/h2-6,20H,7H2,1H3,(H,16,19)(H,21,22). The van der Waals surface area contributed by atoms with Crippen molar-refractivity contribution in [2.24, 2.45) is 0 Å². The van der Waals surface area contributed by atoms with Crippen LogP contribution in [0.15, 0.2) is 35.1 Å². The Hall–Kier alpha value is -3.09. The molecule has 0 radical (unpaired) electrons. The third-order valence-electron chi connectivity index (χ3n) is 3.47. The largest absolute Gasteiger partial charge is 0.493 e. The van der Waals surface area contributed by atoms with Gasteiger partial charge in [0, 0.05) is 6.42 Å². The lowest BCUT2D eigenvalue weighted by Crippen LogP contribution is -2.17. The lowest BCUT2D eigenvalue weighted by atomic mass is 10.1. The molecule has 0 amide bonds. The fourth-order valence-corrected chi connectivity index (χ4v) is 2.42. The highest BCUT2D eigenvalue weighted by molar-refractivity contribution is 5.95. The molecule has 2 aromatic heterocycles. The summed E-state index contributed by atoms with van der Waals surface area (Å²) >= 11 is 0. The van der Waals surface area contributed by atoms with Crippen LogP contribution in [0.5, 0.6) is 5.88 Å². The van der Waals surface area contributed by atoms with Crippen LogP contribution < -0.4 is 5.56 Å². The third-order valence-corrected chi connectivity index (χ3v) is 3.47. The number of carboxylic acids is 1. The molecule has 3 rings (SSSR count). The number of fused-ring (bicyclic) bond motifs is 1. The van der Waals surface area contributed by atoms with Crippen molar-refractivity contribution in [3.8, 4) is 5.88 Å². The van der Waals surface area contributed by atoms with Crippen LogP contribution >= 0.6 is 0 Å². The summed E-state index contributed by atoms with van der Waals surface area (Å²) in [5.41, 5.74) is 0.526. The Bertz CT molecular complexity index is 925. The zero-order chi connectivity index (χ0) is 15.9. The van der Waals surface area contributed by atoms with Gasteiger partial charge < -0.3 is 15.2 Å². The molecule has 0 unspecified atom stereocenters. The summed E-state index contributed by atoms with van der Waals surface area (Å²) in [7, 11) is 0. The Morgan fingerprint density at radius 2 is 2.00 bits per heavy atom. The second-order valence-electron chi connectivity index (χ2n) is 4.94. The maximum Gasteiger partial charge on any atom is 0.341 e. The maximum absolute atomic E-state index is 12.2. The molecule has 7 heteroatoms. The van der Waals surface area contributed by atoms with Gasteiger partial charge in [-0.2, -0.15) is 9.61 Å². The molecule has 0 fully saturated rings. The Labute approximate surface area is 124 Å². The molecule has 0 spiro atoms. The molecule has 0 atom stereocenters. The van der Waals surface area contributed by atoms with Gasteiger partial charge in [0.15, 0.2) is 5.65 Å². The number of rotatable bonds is 3. The van der Waals surface area contributed by atoms with E-state index < -0.39 is 11.5 Å². The fraction of sp³-hybridized carbons (Fsp3) is 0.133. The highest BCUT2D eigenvalue weighted by Crippen LogP contribution is 2.21. The van der Waals surface area contributed by atoms with E-state index in [-0.39, 0.29) is 34.8 Å². The number of hydrogen-bond acceptors (Lipinski definition) is 4. The number of aromatic nitrogens is 3. The van der Waals surface area contributed by atoms with E-state index in [1.54, 1.807) is 0 Å². The second-order valence-corrected chi connectivity index (χ2v) is 4.94. The van der Waals surface area contributed by atoms with Crippen LogP contribution in [-0.4, -0.2) is 30.8 Å². The van der Waals surface area contributed by atoms with E-state index in [2.05, 4.69) is 10.1 Å². The zero-order valence-corrected chi connectivity index (χ0v) is 11.7. The van der Waals surface area contributed by atoms with E-state index in [0.29, 0.717) is 0 Å². The zero-order valence-electron chi connectivity index (χ0n) is 11.7. The molecule has 1 aromatic carbocycles. The summed E-state index contributed by atoms with van der Waals surface area (Å²) < 4.78 is 1.05. The predicted molar refractivity (Wildman–Crippen MR) is 78.4 cm³/mol. The van der Waals surface area contributed by atoms with Gasteiger partial charge in [0.2, 0.25) is 5.88 Å². The summed E-state index contributed by atoms with van der Waals surface area (Å²) in [6.45, 7) is 1.51. The van der Waals surface area contributed by atoms with Gasteiger partial charge in [-0.3, -0.25) is 4.79 Å². The number of H-pyrrole nitrogens is 1. The summed E-state index contributed by atoms with van der Waals surface area (Å²) in [5.74, 6) is -1.56. The monoisotopic (exact) mass is 299 g/mol. The molecule has 3 aromatic rings. The number of aromatic hydroxyl groups is 1. The van der Waals surface area contributed by atoms with Gasteiger partial charge in [-0.1, -0.05) is 30.3 Å². The van der Waals surface area contributed by atoms with Crippen molar-refractivity contribution in [3.05, 3.63) is 63.1 Å². The summed E-state index contributed by atoms with van der Waals surface area (Å²) in [6.07, 6.45) is 0.221. The normalized spacial score (nSPS) is 11.0. The van der Waals surface area contributed by atoms with Crippen molar-refractivity contribution < 1.29 is 15.0 Å². The minimum absolute atomic E-state index is 0.0238. The first-order valence-electron chi connectivity index (χ1n) is 6.59. The molecule has 2 heterocycles. The first-order valence-corrected chi connectivity index (χ1v) is 6.59. The van der Waals surface area contributed by atoms with Crippen molar-refractivity contribution in [3.63, 3.8) is 0 Å². The van der Waals surface area contributed by atoms with Crippen LogP contribution in [0.25, 0.3) is 5.65 Å². The molecule has 0 saturated carbocycles. The van der Waals surface area contributed by atoms with E-state index in [4.69, 9.17) is 0 Å². The fourth-order valence-electron chi connectivity index (χ4n) is 2.42. The van der Waals surface area contributed by atoms with Gasteiger partial charge >= 0.3 is 5.97 Å². The SMILES string of the molecule is Cc1nn2c(O)c(Cc3ccccc3)c(=O)[nH]c2c1C(=O)O. The number of aromatic carboxylic acids is 1. The number of aromatic amines is 1. The number of nitrogens with zero attached hydrogens (tertiary/aromatic N) is 2. The Kier molecular flexibility index (Phi) is 3.17. The first kappa shape index (κ1) is 13.9. The highest BCUT2D eigenvalue weighted by Gasteiger charge is 2.21. The molecule has 0 aliphatic carbocycles. The molecule has 0 saturated heterocycles. The molecule has 112 valence electrons. The lowest BCUT2D eigenvalue weighted by Gasteiger charge is -2.06. The maximum atomic E-state index is 12.2. The van der Waals surface area contributed by atoms with Crippen LogP contribution in [0.2, 0.25) is 0 Å². The van der Waals surface area contributed by atoms with Crippen molar-refractivity contribution >= 4 is 11.6 Å². The van der Waals surface area contributed by atoms with Crippen LogP contribution in [0.3, 0.4) is 0 Å². The first-order chi connectivity index (χ1) is 10.5. The van der Waals surface area contributed by atoms with Crippen molar-refractivity contribution in [1.82, 2.24) is 14.6 Å². The van der Waals surface area contributed by atoms with Crippen LogP contribution in [0.1, 0.15) is 27.2 Å². The third kappa shape index (κ3) is 2.12. The van der Waals surface area contributed by atoms with E-state index >= 15 is 0 Å². The topological polar surface area (TPSA) is 108 Å². The Balaban J connectivity index is 2.22. The molecule has 7 nitrogen and oxygen atoms in total. The number of carbonyl (C=O) groups is 1. The van der Waals surface area contributed by atoms with Gasteiger partial charge in [-0.25, -0.2) is 4.79 Å². The second kappa shape index (κ2) is 5.03. The molecule has 0 bridgehead atoms. The van der Waals surface area contributed by atoms with E-state index in [1.807, 2.05) is 30.3 Å². The average molecular weight is 299 g/mol. The average Bonchev–Trinajstić information content (AvgIpc) is 2.81. The quantitative estimate of drug-likeness (QED) is 0.676. The van der Waals surface area contributed by atoms with Gasteiger partial charge in [-0.05, 0) is 12.5 Å². The predicted octanol–water partition coefficient (Wildman–Crippen LogP) is 1.33. The number of aryl methyl sites for hydroxylation is 1. The Morgan fingerprint density at radius 1 is 1.32 bits per heavy atom. The van der Waals surface area contributed by atoms with Crippen LogP contribution in [-0.2, 0) is 6.42 Å². The molecule has 22 heavy (non-hydrogen) atoms. The van der Waals surface area contributed by atoms with E-state index in [1.165, 1.54) is 6.92 Å². The van der Waals surface area contributed by atoms with E-state index in [9.17, 15) is 19.8 Å². The number of nitrogens with one attached hydrogen (secondary N) is 1. The van der Waals surface area contributed by atoms with Gasteiger partial charge in [0.1, 0.15) is 5.56 Å². The van der Waals surface area contributed by atoms with E-state index in [0.717, 1.165) is 10.1 Å². The Morgan fingerprint density at radius 3 is 2.64 bits per heavy atom. The minimum Gasteiger partial charge on any atom is -0.493 e. The highest BCUT2D eigenvalue weighted by atomic mass is 16.4. The van der Waals surface area contributed by atoms with Gasteiger partial charge in [0.05, 0.1) is 11.3 Å². The number of carboxylic acid groups (broad SMARTS) is 1. The van der Waals surface area contributed by atoms with Gasteiger partial charge in [-0.15, -0.1) is 0 Å². The minimum atomic E-state index is -1.21. The lowest BCUT2D eigenvalue weighted by molar-refractivity contribution is 0.0698. The van der Waals surface area contributed by atoms with Crippen molar-refractivity contribution in [1.29, 1.82) is 0 Å². The summed E-state index contributed by atoms with van der Waals surface area (Å²) in [5, 5.41) is 23.5. The summed E-state index contributed by atoms with van der Waals surface area (Å²) in [4.78, 5) is 25.9. The number of hydrogen-bond donors (Lipinski definition) is 3. The number of benzene rings is 1. The summed E-state index contributed by atoms with van der Waals surface area (Å²) in [6, 6.07) is 9.19. The van der Waals surface area contributed by atoms with Crippen LogP contribution in [0, 0.1) is 6.92 Å². The molecule has 3 N–H and O–H groups in total. The van der Waals surface area contributed by atoms with Crippen molar-refractivity contribution in [2.75, 3.05) is 0 Å².